The predicted octanol–water partition coefficient (Wildman–Crippen LogP) is 4.92. The van der Waals surface area contributed by atoms with E-state index in [9.17, 15) is 0 Å². The molecule has 0 radical (unpaired) electrons. The third-order valence-electron chi connectivity index (χ3n) is 4.41. The van der Waals surface area contributed by atoms with Crippen molar-refractivity contribution < 1.29 is 4.74 Å². The first kappa shape index (κ1) is 16.0. The number of nitrogens with zero attached hydrogens (tertiary/aromatic N) is 3. The van der Waals surface area contributed by atoms with Gasteiger partial charge in [-0.1, -0.05) is 15.9 Å². The minimum absolute atomic E-state index is 0.208. The Labute approximate surface area is 153 Å². The molecule has 0 bridgehead atoms. The molecule has 0 unspecified atom stereocenters. The van der Waals surface area contributed by atoms with Gasteiger partial charge in [-0.2, -0.15) is 4.98 Å². The van der Waals surface area contributed by atoms with Crippen LogP contribution in [0.25, 0.3) is 21.9 Å². The highest BCUT2D eigenvalue weighted by atomic mass is 79.9. The van der Waals surface area contributed by atoms with Crippen LogP contribution < -0.4 is 9.64 Å². The smallest absolute Gasteiger partial charge is 0.242 e. The SMILES string of the molecule is CCOc1nc(Cl)nc2c1[nH]c1cc(Br)cc(N3CCCCC3)c12. The van der Waals surface area contributed by atoms with Crippen molar-refractivity contribution in [1.82, 2.24) is 15.0 Å². The zero-order valence-electron chi connectivity index (χ0n) is 13.4. The van der Waals surface area contributed by atoms with Crippen LogP contribution in [0.3, 0.4) is 0 Å². The van der Waals surface area contributed by atoms with Crippen molar-refractivity contribution in [3.63, 3.8) is 0 Å². The summed E-state index contributed by atoms with van der Waals surface area (Å²) in [6, 6.07) is 4.23. The molecule has 0 aliphatic carbocycles. The highest BCUT2D eigenvalue weighted by Crippen LogP contribution is 2.39. The van der Waals surface area contributed by atoms with Crippen LogP contribution >= 0.6 is 27.5 Å². The number of ether oxygens (including phenoxy) is 1. The molecule has 1 aliphatic heterocycles. The maximum atomic E-state index is 6.15. The Morgan fingerprint density at radius 1 is 1.25 bits per heavy atom. The summed E-state index contributed by atoms with van der Waals surface area (Å²) < 4.78 is 6.69. The number of aromatic amines is 1. The molecule has 0 amide bonds. The predicted molar refractivity (Wildman–Crippen MR) is 101 cm³/mol. The summed E-state index contributed by atoms with van der Waals surface area (Å²) >= 11 is 9.78. The summed E-state index contributed by atoms with van der Waals surface area (Å²) in [5.74, 6) is 0.504. The third-order valence-corrected chi connectivity index (χ3v) is 5.03. The molecule has 3 aromatic rings. The van der Waals surface area contributed by atoms with E-state index in [0.29, 0.717) is 12.5 Å². The van der Waals surface area contributed by atoms with Crippen LogP contribution in [0, 0.1) is 0 Å². The largest absolute Gasteiger partial charge is 0.476 e. The third kappa shape index (κ3) is 2.71. The molecule has 0 spiro atoms. The van der Waals surface area contributed by atoms with Gasteiger partial charge in [-0.05, 0) is 49.9 Å². The van der Waals surface area contributed by atoms with E-state index in [0.717, 1.165) is 39.5 Å². The Balaban J connectivity index is 2.01. The first-order valence-corrected chi connectivity index (χ1v) is 9.40. The number of H-pyrrole nitrogens is 1. The topological polar surface area (TPSA) is 54.0 Å². The number of benzene rings is 1. The average Bonchev–Trinajstić information content (AvgIpc) is 2.93. The number of hydrogen-bond acceptors (Lipinski definition) is 4. The molecule has 126 valence electrons. The number of fused-ring (bicyclic) bond motifs is 3. The highest BCUT2D eigenvalue weighted by Gasteiger charge is 2.21. The summed E-state index contributed by atoms with van der Waals surface area (Å²) in [5, 5.41) is 1.29. The maximum absolute atomic E-state index is 6.15. The first-order chi connectivity index (χ1) is 11.7. The Kier molecular flexibility index (Phi) is 4.26. The molecule has 0 atom stereocenters. The van der Waals surface area contributed by atoms with E-state index in [1.165, 1.54) is 24.9 Å². The number of hydrogen-bond donors (Lipinski definition) is 1. The van der Waals surface area contributed by atoms with E-state index in [2.05, 4.69) is 47.9 Å². The lowest BCUT2D eigenvalue weighted by atomic mass is 10.1. The van der Waals surface area contributed by atoms with Crippen molar-refractivity contribution in [2.75, 3.05) is 24.6 Å². The van der Waals surface area contributed by atoms with E-state index < -0.39 is 0 Å². The molecule has 2 aromatic heterocycles. The molecule has 1 aliphatic rings. The monoisotopic (exact) mass is 408 g/mol. The van der Waals surface area contributed by atoms with Crippen molar-refractivity contribution in [2.45, 2.75) is 26.2 Å². The van der Waals surface area contributed by atoms with Gasteiger partial charge in [0.25, 0.3) is 0 Å². The van der Waals surface area contributed by atoms with Gasteiger partial charge in [0.15, 0.2) is 0 Å². The second-order valence-corrected chi connectivity index (χ2v) is 7.23. The number of piperidine rings is 1. The second-order valence-electron chi connectivity index (χ2n) is 5.97. The van der Waals surface area contributed by atoms with Crippen LogP contribution in [0.4, 0.5) is 5.69 Å². The van der Waals surface area contributed by atoms with E-state index in [1.54, 1.807) is 0 Å². The Hall–Kier alpha value is -1.53. The summed E-state index contributed by atoms with van der Waals surface area (Å²) in [5.41, 5.74) is 3.81. The molecule has 4 rings (SSSR count). The van der Waals surface area contributed by atoms with Crippen molar-refractivity contribution in [2.24, 2.45) is 0 Å². The molecule has 5 nitrogen and oxygen atoms in total. The van der Waals surface area contributed by atoms with Crippen molar-refractivity contribution in [1.29, 1.82) is 0 Å². The van der Waals surface area contributed by atoms with Crippen LogP contribution in [0.1, 0.15) is 26.2 Å². The number of anilines is 1. The molecule has 1 N–H and O–H groups in total. The maximum Gasteiger partial charge on any atom is 0.242 e. The number of nitrogens with one attached hydrogen (secondary N) is 1. The number of rotatable bonds is 3. The Bertz CT molecular complexity index is 905. The molecule has 1 aromatic carbocycles. The summed E-state index contributed by atoms with van der Waals surface area (Å²) in [7, 11) is 0. The Morgan fingerprint density at radius 3 is 2.79 bits per heavy atom. The molecule has 1 fully saturated rings. The van der Waals surface area contributed by atoms with Crippen LogP contribution in [-0.2, 0) is 0 Å². The standard InChI is InChI=1S/C17H18BrClN4O/c1-2-24-16-15-14(21-17(19)22-16)13-11(20-15)8-10(18)9-12(13)23-6-4-3-5-7-23/h8-9,20H,2-7H2,1H3. The molecule has 1 saturated heterocycles. The molecule has 3 heterocycles. The fraction of sp³-hybridized carbons (Fsp3) is 0.412. The van der Waals surface area contributed by atoms with Gasteiger partial charge in [0.05, 0.1) is 12.1 Å². The van der Waals surface area contributed by atoms with E-state index in [-0.39, 0.29) is 5.28 Å². The summed E-state index contributed by atoms with van der Waals surface area (Å²) in [4.78, 5) is 14.6. The van der Waals surface area contributed by atoms with Crippen LogP contribution in [0.2, 0.25) is 5.28 Å². The first-order valence-electron chi connectivity index (χ1n) is 8.23. The van der Waals surface area contributed by atoms with Gasteiger partial charge in [0, 0.05) is 28.6 Å². The van der Waals surface area contributed by atoms with Gasteiger partial charge in [-0.25, -0.2) is 4.98 Å². The van der Waals surface area contributed by atoms with E-state index in [4.69, 9.17) is 16.3 Å². The molecule has 0 saturated carbocycles. The number of aromatic nitrogens is 3. The molecule has 24 heavy (non-hydrogen) atoms. The van der Waals surface area contributed by atoms with Gasteiger partial charge in [-0.15, -0.1) is 0 Å². The zero-order valence-corrected chi connectivity index (χ0v) is 15.7. The minimum Gasteiger partial charge on any atom is -0.476 e. The van der Waals surface area contributed by atoms with E-state index in [1.807, 2.05) is 6.92 Å². The second kappa shape index (κ2) is 6.41. The quantitative estimate of drug-likeness (QED) is 0.624. The van der Waals surface area contributed by atoms with Crippen LogP contribution in [0.5, 0.6) is 5.88 Å². The van der Waals surface area contributed by atoms with Crippen molar-refractivity contribution >= 4 is 55.2 Å². The molecule has 7 heteroatoms. The van der Waals surface area contributed by atoms with Gasteiger partial charge < -0.3 is 14.6 Å². The molecular formula is C17H18BrClN4O. The van der Waals surface area contributed by atoms with Gasteiger partial charge in [0.1, 0.15) is 11.0 Å². The van der Waals surface area contributed by atoms with Crippen LogP contribution in [0.15, 0.2) is 16.6 Å². The lowest BCUT2D eigenvalue weighted by molar-refractivity contribution is 0.330. The lowest BCUT2D eigenvalue weighted by Crippen LogP contribution is -2.29. The molecular weight excluding hydrogens is 392 g/mol. The van der Waals surface area contributed by atoms with E-state index >= 15 is 0 Å². The normalized spacial score (nSPS) is 15.4. The van der Waals surface area contributed by atoms with Gasteiger partial charge in [-0.3, -0.25) is 0 Å². The summed E-state index contributed by atoms with van der Waals surface area (Å²) in [6.45, 7) is 4.59. The number of halogens is 2. The van der Waals surface area contributed by atoms with Crippen molar-refractivity contribution in [3.8, 4) is 5.88 Å². The van der Waals surface area contributed by atoms with Crippen molar-refractivity contribution in [3.05, 3.63) is 21.9 Å². The van der Waals surface area contributed by atoms with Gasteiger partial charge in [0.2, 0.25) is 11.2 Å². The zero-order chi connectivity index (χ0) is 16.7. The lowest BCUT2D eigenvalue weighted by Gasteiger charge is -2.29. The average molecular weight is 410 g/mol. The Morgan fingerprint density at radius 2 is 2.04 bits per heavy atom. The fourth-order valence-corrected chi connectivity index (χ4v) is 4.01. The minimum atomic E-state index is 0.208. The fourth-order valence-electron chi connectivity index (χ4n) is 3.41. The summed E-state index contributed by atoms with van der Waals surface area (Å²) in [6.07, 6.45) is 3.73. The van der Waals surface area contributed by atoms with Gasteiger partial charge >= 0.3 is 0 Å². The van der Waals surface area contributed by atoms with Crippen LogP contribution in [-0.4, -0.2) is 34.6 Å². The highest BCUT2D eigenvalue weighted by molar-refractivity contribution is 9.10.